The highest BCUT2D eigenvalue weighted by atomic mass is 16.6. The lowest BCUT2D eigenvalue weighted by Crippen LogP contribution is -1.93. The topological polar surface area (TPSA) is 85.4 Å². The Morgan fingerprint density at radius 1 is 1.17 bits per heavy atom. The van der Waals surface area contributed by atoms with Gasteiger partial charge in [0.05, 0.1) is 36.3 Å². The molecule has 0 N–H and O–H groups in total. The molecular formula is C17H14N2O4. The number of nitriles is 1. The minimum Gasteiger partial charge on any atom is -0.493 e. The van der Waals surface area contributed by atoms with Crippen LogP contribution in [-0.2, 0) is 0 Å². The Kier molecular flexibility index (Phi) is 4.95. The molecule has 0 spiro atoms. The molecule has 0 fully saturated rings. The number of ether oxygens (including phenoxy) is 2. The van der Waals surface area contributed by atoms with E-state index in [2.05, 4.69) is 6.07 Å². The fraction of sp³-hybridized carbons (Fsp3) is 0.118. The summed E-state index contributed by atoms with van der Waals surface area (Å²) in [5.74, 6) is 1.02. The molecule has 0 aliphatic heterocycles. The summed E-state index contributed by atoms with van der Waals surface area (Å²) in [6.45, 7) is 0. The van der Waals surface area contributed by atoms with E-state index in [-0.39, 0.29) is 5.69 Å². The van der Waals surface area contributed by atoms with Crippen LogP contribution < -0.4 is 9.47 Å². The molecule has 0 unspecified atom stereocenters. The van der Waals surface area contributed by atoms with Crippen molar-refractivity contribution in [3.8, 4) is 17.6 Å². The van der Waals surface area contributed by atoms with E-state index in [0.717, 1.165) is 0 Å². The summed E-state index contributed by atoms with van der Waals surface area (Å²) in [5, 5.41) is 20.5. The first-order valence-corrected chi connectivity index (χ1v) is 6.68. The Morgan fingerprint density at radius 3 is 2.48 bits per heavy atom. The molecule has 0 atom stereocenters. The molecule has 116 valence electrons. The van der Waals surface area contributed by atoms with Crippen LogP contribution in [0.3, 0.4) is 0 Å². The second-order valence-electron chi connectivity index (χ2n) is 4.56. The van der Waals surface area contributed by atoms with Gasteiger partial charge in [0, 0.05) is 6.07 Å². The number of benzene rings is 2. The van der Waals surface area contributed by atoms with Crippen LogP contribution in [0.1, 0.15) is 11.1 Å². The molecule has 0 radical (unpaired) electrons. The fourth-order valence-corrected chi connectivity index (χ4v) is 2.12. The molecule has 2 aromatic carbocycles. The molecule has 2 rings (SSSR count). The summed E-state index contributed by atoms with van der Waals surface area (Å²) < 4.78 is 10.4. The van der Waals surface area contributed by atoms with E-state index in [0.29, 0.717) is 28.2 Å². The number of nitro groups is 1. The highest BCUT2D eigenvalue weighted by Crippen LogP contribution is 2.31. The predicted octanol–water partition coefficient (Wildman–Crippen LogP) is 3.68. The van der Waals surface area contributed by atoms with E-state index < -0.39 is 4.92 Å². The van der Waals surface area contributed by atoms with Crippen LogP contribution >= 0.6 is 0 Å². The second kappa shape index (κ2) is 7.09. The zero-order valence-electron chi connectivity index (χ0n) is 12.6. The van der Waals surface area contributed by atoms with Crippen molar-refractivity contribution < 1.29 is 14.4 Å². The predicted molar refractivity (Wildman–Crippen MR) is 86.1 cm³/mol. The van der Waals surface area contributed by atoms with Gasteiger partial charge in [-0.1, -0.05) is 12.1 Å². The Hall–Kier alpha value is -3.33. The zero-order chi connectivity index (χ0) is 16.8. The van der Waals surface area contributed by atoms with Crippen molar-refractivity contribution in [2.45, 2.75) is 0 Å². The van der Waals surface area contributed by atoms with E-state index in [9.17, 15) is 15.4 Å². The van der Waals surface area contributed by atoms with Gasteiger partial charge in [-0.05, 0) is 35.9 Å². The van der Waals surface area contributed by atoms with E-state index in [1.54, 1.807) is 36.4 Å². The standard InChI is InChI=1S/C17H14N2O4/c1-22-16-8-7-12(10-17(16)23-2)14(11-18)9-13-5-3-4-6-15(13)19(20)21/h3-10H,1-2H3/b14-9+. The van der Waals surface area contributed by atoms with Gasteiger partial charge in [-0.2, -0.15) is 5.26 Å². The van der Waals surface area contributed by atoms with Crippen LogP contribution in [0, 0.1) is 21.4 Å². The first-order chi connectivity index (χ1) is 11.1. The molecule has 0 aliphatic rings. The summed E-state index contributed by atoms with van der Waals surface area (Å²) in [5.41, 5.74) is 1.19. The molecule has 6 heteroatoms. The van der Waals surface area contributed by atoms with E-state index in [4.69, 9.17) is 9.47 Å². The third-order valence-corrected chi connectivity index (χ3v) is 3.25. The van der Waals surface area contributed by atoms with Gasteiger partial charge in [-0.15, -0.1) is 0 Å². The number of allylic oxidation sites excluding steroid dienone is 1. The molecule has 0 saturated carbocycles. The first kappa shape index (κ1) is 16.0. The molecule has 0 aromatic heterocycles. The van der Waals surface area contributed by atoms with Crippen LogP contribution in [0.25, 0.3) is 11.6 Å². The lowest BCUT2D eigenvalue weighted by molar-refractivity contribution is -0.385. The van der Waals surface area contributed by atoms with Gasteiger partial charge in [-0.3, -0.25) is 10.1 Å². The summed E-state index contributed by atoms with van der Waals surface area (Å²) >= 11 is 0. The Morgan fingerprint density at radius 2 is 1.87 bits per heavy atom. The Bertz CT molecular complexity index is 806. The van der Waals surface area contributed by atoms with Crippen molar-refractivity contribution in [1.82, 2.24) is 0 Å². The quantitative estimate of drug-likeness (QED) is 0.364. The second-order valence-corrected chi connectivity index (χ2v) is 4.56. The summed E-state index contributed by atoms with van der Waals surface area (Å²) in [6, 6.07) is 13.4. The molecule has 0 saturated heterocycles. The molecular weight excluding hydrogens is 296 g/mol. The summed E-state index contributed by atoms with van der Waals surface area (Å²) in [4.78, 5) is 10.6. The smallest absolute Gasteiger partial charge is 0.276 e. The molecule has 2 aromatic rings. The monoisotopic (exact) mass is 310 g/mol. The van der Waals surface area contributed by atoms with Crippen molar-refractivity contribution in [2.24, 2.45) is 0 Å². The van der Waals surface area contributed by atoms with Crippen LogP contribution in [0.15, 0.2) is 42.5 Å². The van der Waals surface area contributed by atoms with Crippen molar-refractivity contribution in [3.05, 3.63) is 63.7 Å². The number of nitro benzene ring substituents is 1. The summed E-state index contributed by atoms with van der Waals surface area (Å²) in [7, 11) is 3.02. The fourth-order valence-electron chi connectivity index (χ4n) is 2.12. The number of hydrogen-bond acceptors (Lipinski definition) is 5. The maximum atomic E-state index is 11.1. The molecule has 0 aliphatic carbocycles. The SMILES string of the molecule is COc1ccc(/C(C#N)=C/c2ccccc2[N+](=O)[O-])cc1OC. The lowest BCUT2D eigenvalue weighted by Gasteiger charge is -2.09. The highest BCUT2D eigenvalue weighted by Gasteiger charge is 2.13. The molecule has 23 heavy (non-hydrogen) atoms. The molecule has 0 amide bonds. The average Bonchev–Trinajstić information content (AvgIpc) is 2.59. The number of para-hydroxylation sites is 1. The van der Waals surface area contributed by atoms with Crippen LogP contribution in [0.2, 0.25) is 0 Å². The summed E-state index contributed by atoms with van der Waals surface area (Å²) in [6.07, 6.45) is 1.49. The lowest BCUT2D eigenvalue weighted by atomic mass is 10.0. The molecule has 0 bridgehead atoms. The van der Waals surface area contributed by atoms with Crippen molar-refractivity contribution in [1.29, 1.82) is 5.26 Å². The van der Waals surface area contributed by atoms with Gasteiger partial charge < -0.3 is 9.47 Å². The molecule has 0 heterocycles. The van der Waals surface area contributed by atoms with Crippen LogP contribution in [0.5, 0.6) is 11.5 Å². The van der Waals surface area contributed by atoms with E-state index in [1.165, 1.54) is 26.4 Å². The molecule has 6 nitrogen and oxygen atoms in total. The number of rotatable bonds is 5. The van der Waals surface area contributed by atoms with Crippen molar-refractivity contribution in [3.63, 3.8) is 0 Å². The number of methoxy groups -OCH3 is 2. The Labute approximate surface area is 133 Å². The van der Waals surface area contributed by atoms with E-state index in [1.807, 2.05) is 0 Å². The minimum absolute atomic E-state index is 0.0549. The van der Waals surface area contributed by atoms with Crippen molar-refractivity contribution in [2.75, 3.05) is 14.2 Å². The van der Waals surface area contributed by atoms with Gasteiger partial charge in [0.15, 0.2) is 11.5 Å². The van der Waals surface area contributed by atoms with Gasteiger partial charge >= 0.3 is 0 Å². The van der Waals surface area contributed by atoms with Gasteiger partial charge in [-0.25, -0.2) is 0 Å². The van der Waals surface area contributed by atoms with Gasteiger partial charge in [0.2, 0.25) is 0 Å². The normalized spacial score (nSPS) is 10.7. The maximum Gasteiger partial charge on any atom is 0.276 e. The maximum absolute atomic E-state index is 11.1. The first-order valence-electron chi connectivity index (χ1n) is 6.68. The minimum atomic E-state index is -0.477. The largest absolute Gasteiger partial charge is 0.493 e. The third-order valence-electron chi connectivity index (χ3n) is 3.25. The van der Waals surface area contributed by atoms with Crippen LogP contribution in [-0.4, -0.2) is 19.1 Å². The van der Waals surface area contributed by atoms with Crippen LogP contribution in [0.4, 0.5) is 5.69 Å². The van der Waals surface area contributed by atoms with Gasteiger partial charge in [0.25, 0.3) is 5.69 Å². The number of nitrogens with zero attached hydrogens (tertiary/aromatic N) is 2. The Balaban J connectivity index is 2.53. The third kappa shape index (κ3) is 3.47. The average molecular weight is 310 g/mol. The van der Waals surface area contributed by atoms with Gasteiger partial charge in [0.1, 0.15) is 0 Å². The van der Waals surface area contributed by atoms with E-state index >= 15 is 0 Å². The zero-order valence-corrected chi connectivity index (χ0v) is 12.6. The van der Waals surface area contributed by atoms with Crippen molar-refractivity contribution >= 4 is 17.3 Å². The highest BCUT2D eigenvalue weighted by molar-refractivity contribution is 5.91. The number of hydrogen-bond donors (Lipinski definition) is 0.